The van der Waals surface area contributed by atoms with Gasteiger partial charge in [0.05, 0.1) is 17.5 Å². The second-order valence-electron chi connectivity index (χ2n) is 4.35. The van der Waals surface area contributed by atoms with E-state index in [1.54, 1.807) is 35.3 Å². The van der Waals surface area contributed by atoms with Crippen LogP contribution in [0.4, 0.5) is 0 Å². The zero-order chi connectivity index (χ0) is 13.9. The van der Waals surface area contributed by atoms with E-state index in [0.29, 0.717) is 17.9 Å². The molecule has 6 nitrogen and oxygen atoms in total. The molecular weight excluding hydrogens is 254 g/mol. The number of fused-ring (bicyclic) bond motifs is 1. The van der Waals surface area contributed by atoms with Crippen LogP contribution in [0.15, 0.2) is 36.9 Å². The third-order valence-electron chi connectivity index (χ3n) is 3.11. The summed E-state index contributed by atoms with van der Waals surface area (Å²) in [7, 11) is 0. The van der Waals surface area contributed by atoms with E-state index < -0.39 is 0 Å². The monoisotopic (exact) mass is 267 g/mol. The highest BCUT2D eigenvalue weighted by Gasteiger charge is 2.12. The minimum absolute atomic E-state index is 0.000234. The van der Waals surface area contributed by atoms with E-state index in [9.17, 15) is 4.79 Å². The van der Waals surface area contributed by atoms with Crippen LogP contribution in [0.3, 0.4) is 0 Å². The molecule has 20 heavy (non-hydrogen) atoms. The number of aryl methyl sites for hydroxylation is 1. The molecule has 0 saturated carbocycles. The molecule has 3 rings (SSSR count). The van der Waals surface area contributed by atoms with Crippen molar-refractivity contribution in [2.45, 2.75) is 19.9 Å². The van der Waals surface area contributed by atoms with E-state index in [1.165, 1.54) is 6.33 Å². The van der Waals surface area contributed by atoms with Crippen molar-refractivity contribution in [1.29, 1.82) is 0 Å². The summed E-state index contributed by atoms with van der Waals surface area (Å²) < 4.78 is 1.72. The minimum atomic E-state index is 0.000234. The van der Waals surface area contributed by atoms with Gasteiger partial charge in [-0.3, -0.25) is 14.8 Å². The maximum absolute atomic E-state index is 12.3. The number of carbonyl (C=O) groups excluding carboxylic acids is 1. The molecule has 6 heteroatoms. The Bertz CT molecular complexity index is 765. The second kappa shape index (κ2) is 5.16. The van der Waals surface area contributed by atoms with Gasteiger partial charge in [-0.25, -0.2) is 9.67 Å². The largest absolute Gasteiger partial charge is 0.294 e. The highest BCUT2D eigenvalue weighted by atomic mass is 16.1. The van der Waals surface area contributed by atoms with Crippen molar-refractivity contribution in [2.75, 3.05) is 0 Å². The lowest BCUT2D eigenvalue weighted by atomic mass is 10.1. The third-order valence-corrected chi connectivity index (χ3v) is 3.11. The molecule has 0 radical (unpaired) electrons. The molecule has 0 unspecified atom stereocenters. The van der Waals surface area contributed by atoms with Crippen LogP contribution >= 0.6 is 0 Å². The van der Waals surface area contributed by atoms with Crippen molar-refractivity contribution in [3.05, 3.63) is 48.3 Å². The predicted molar refractivity (Wildman–Crippen MR) is 73.3 cm³/mol. The van der Waals surface area contributed by atoms with E-state index in [1.807, 2.05) is 6.92 Å². The van der Waals surface area contributed by atoms with E-state index in [-0.39, 0.29) is 12.2 Å². The van der Waals surface area contributed by atoms with Gasteiger partial charge in [-0.1, -0.05) is 0 Å². The lowest BCUT2D eigenvalue weighted by molar-refractivity contribution is 0.0989. The first-order valence-electron chi connectivity index (χ1n) is 6.38. The predicted octanol–water partition coefficient (Wildman–Crippen LogP) is 1.67. The molecule has 0 amide bonds. The second-order valence-corrected chi connectivity index (χ2v) is 4.35. The van der Waals surface area contributed by atoms with Crippen LogP contribution < -0.4 is 0 Å². The first kappa shape index (κ1) is 12.4. The minimum Gasteiger partial charge on any atom is -0.294 e. The molecule has 2 heterocycles. The fourth-order valence-electron chi connectivity index (χ4n) is 2.07. The van der Waals surface area contributed by atoms with E-state index in [0.717, 1.165) is 11.0 Å². The number of carbonyl (C=O) groups is 1. The van der Waals surface area contributed by atoms with Crippen LogP contribution in [-0.4, -0.2) is 30.5 Å². The lowest BCUT2D eigenvalue weighted by Gasteiger charge is -2.03. The van der Waals surface area contributed by atoms with E-state index >= 15 is 0 Å². The van der Waals surface area contributed by atoms with Gasteiger partial charge in [0.25, 0.3) is 0 Å². The third kappa shape index (κ3) is 2.27. The molecule has 0 saturated heterocycles. The Balaban J connectivity index is 1.89. The summed E-state index contributed by atoms with van der Waals surface area (Å²) in [5, 5.41) is 4.06. The molecule has 100 valence electrons. The van der Waals surface area contributed by atoms with Crippen LogP contribution in [0.25, 0.3) is 11.0 Å². The van der Waals surface area contributed by atoms with Crippen molar-refractivity contribution >= 4 is 16.8 Å². The Labute approximate surface area is 115 Å². The number of ketones is 1. The fourth-order valence-corrected chi connectivity index (χ4v) is 2.07. The van der Waals surface area contributed by atoms with Crippen molar-refractivity contribution in [3.8, 4) is 0 Å². The van der Waals surface area contributed by atoms with Gasteiger partial charge in [-0.2, -0.15) is 5.10 Å². The standard InChI is InChI=1S/C14H13N5O/c1-2-19-14(17-9-18-19)8-13(20)10-3-4-11-12(7-10)16-6-5-15-11/h3-7,9H,2,8H2,1H3. The average Bonchev–Trinajstić information content (AvgIpc) is 2.94. The molecule has 0 aliphatic carbocycles. The van der Waals surface area contributed by atoms with E-state index in [4.69, 9.17) is 0 Å². The quantitative estimate of drug-likeness (QED) is 0.672. The van der Waals surface area contributed by atoms with Gasteiger partial charge >= 0.3 is 0 Å². The zero-order valence-electron chi connectivity index (χ0n) is 11.0. The summed E-state index contributed by atoms with van der Waals surface area (Å²) in [6.45, 7) is 2.67. The van der Waals surface area contributed by atoms with Crippen LogP contribution in [0.5, 0.6) is 0 Å². The summed E-state index contributed by atoms with van der Waals surface area (Å²) in [6.07, 6.45) is 4.95. The van der Waals surface area contributed by atoms with Gasteiger partial charge in [0, 0.05) is 24.5 Å². The van der Waals surface area contributed by atoms with Gasteiger partial charge < -0.3 is 0 Å². The first-order valence-corrected chi connectivity index (χ1v) is 6.38. The highest BCUT2D eigenvalue weighted by Crippen LogP contribution is 2.13. The molecular formula is C14H13N5O. The Morgan fingerprint density at radius 1 is 1.15 bits per heavy atom. The molecule has 0 N–H and O–H groups in total. The van der Waals surface area contributed by atoms with Gasteiger partial charge in [0.1, 0.15) is 12.2 Å². The number of benzene rings is 1. The summed E-state index contributed by atoms with van der Waals surface area (Å²) in [6, 6.07) is 5.34. The van der Waals surface area contributed by atoms with E-state index in [2.05, 4.69) is 20.1 Å². The van der Waals surface area contributed by atoms with Crippen molar-refractivity contribution < 1.29 is 4.79 Å². The van der Waals surface area contributed by atoms with Crippen LogP contribution in [0, 0.1) is 0 Å². The average molecular weight is 267 g/mol. The van der Waals surface area contributed by atoms with Crippen molar-refractivity contribution in [1.82, 2.24) is 24.7 Å². The summed E-state index contributed by atoms with van der Waals surface area (Å²) in [5.74, 6) is 0.678. The number of Topliss-reactive ketones (excluding diaryl/α,β-unsaturated/α-hetero) is 1. The number of rotatable bonds is 4. The SMILES string of the molecule is CCn1ncnc1CC(=O)c1ccc2nccnc2c1. The molecule has 2 aromatic heterocycles. The maximum Gasteiger partial charge on any atom is 0.170 e. The van der Waals surface area contributed by atoms with Crippen LogP contribution in [0.2, 0.25) is 0 Å². The number of nitrogens with zero attached hydrogens (tertiary/aromatic N) is 5. The van der Waals surface area contributed by atoms with Crippen molar-refractivity contribution in [2.24, 2.45) is 0 Å². The Kier molecular flexibility index (Phi) is 3.20. The zero-order valence-corrected chi connectivity index (χ0v) is 11.0. The molecule has 0 atom stereocenters. The molecule has 1 aromatic carbocycles. The molecule has 0 aliphatic rings. The van der Waals surface area contributed by atoms with Gasteiger partial charge in [-0.15, -0.1) is 0 Å². The maximum atomic E-state index is 12.3. The molecule has 0 fully saturated rings. The van der Waals surface area contributed by atoms with Gasteiger partial charge in [0.2, 0.25) is 0 Å². The topological polar surface area (TPSA) is 73.6 Å². The first-order chi connectivity index (χ1) is 9.78. The van der Waals surface area contributed by atoms with Crippen LogP contribution in [-0.2, 0) is 13.0 Å². The molecule has 0 aliphatic heterocycles. The fraction of sp³-hybridized carbons (Fsp3) is 0.214. The smallest absolute Gasteiger partial charge is 0.170 e. The molecule has 0 bridgehead atoms. The summed E-state index contributed by atoms with van der Waals surface area (Å²) in [4.78, 5) is 24.8. The Morgan fingerprint density at radius 3 is 2.75 bits per heavy atom. The number of aromatic nitrogens is 5. The van der Waals surface area contributed by atoms with Crippen molar-refractivity contribution in [3.63, 3.8) is 0 Å². The van der Waals surface area contributed by atoms with Gasteiger partial charge in [0.15, 0.2) is 5.78 Å². The number of hydrogen-bond acceptors (Lipinski definition) is 5. The number of hydrogen-bond donors (Lipinski definition) is 0. The Hall–Kier alpha value is -2.63. The van der Waals surface area contributed by atoms with Crippen LogP contribution in [0.1, 0.15) is 23.1 Å². The molecule has 0 spiro atoms. The normalized spacial score (nSPS) is 10.8. The highest BCUT2D eigenvalue weighted by molar-refractivity contribution is 5.99. The summed E-state index contributed by atoms with van der Waals surface area (Å²) in [5.41, 5.74) is 2.11. The Morgan fingerprint density at radius 2 is 1.95 bits per heavy atom. The molecule has 3 aromatic rings. The lowest BCUT2D eigenvalue weighted by Crippen LogP contribution is -2.10. The summed E-state index contributed by atoms with van der Waals surface area (Å²) >= 11 is 0. The van der Waals surface area contributed by atoms with Gasteiger partial charge in [-0.05, 0) is 25.1 Å².